The Morgan fingerprint density at radius 2 is 1.48 bits per heavy atom. The predicted octanol–water partition coefficient (Wildman–Crippen LogP) is 5.99. The zero-order valence-electron chi connectivity index (χ0n) is 19.9. The van der Waals surface area contributed by atoms with Gasteiger partial charge in [-0.2, -0.15) is 0 Å². The number of pyridine rings is 1. The van der Waals surface area contributed by atoms with E-state index in [1.807, 2.05) is 12.3 Å². The summed E-state index contributed by atoms with van der Waals surface area (Å²) in [6, 6.07) is 32.8. The van der Waals surface area contributed by atoms with Crippen LogP contribution in [0.3, 0.4) is 0 Å². The average molecular weight is 452 g/mol. The van der Waals surface area contributed by atoms with Crippen LogP contribution in [-0.2, 0) is 10.8 Å². The van der Waals surface area contributed by atoms with Gasteiger partial charge in [0.05, 0.1) is 5.52 Å². The van der Waals surface area contributed by atoms with Crippen LogP contribution in [0.5, 0.6) is 0 Å². The van der Waals surface area contributed by atoms with Crippen molar-refractivity contribution in [3.8, 4) is 0 Å². The minimum Gasteiger partial charge on any atom is -0.407 e. The van der Waals surface area contributed by atoms with Crippen LogP contribution in [0.15, 0.2) is 97.2 Å². The Morgan fingerprint density at radius 1 is 0.818 bits per heavy atom. The molecule has 1 aliphatic carbocycles. The standard InChI is InChI=1S/C30H33NOSi/c1-30(2,3)33(27-12-6-4-7-13-27,28-14-8-5-9-15-28)32-22-26-21-25(26)20-23-16-17-29-24(19-23)11-10-18-31-29/h4-19,25-26H,20-22H2,1-3H3. The molecule has 1 heterocycles. The van der Waals surface area contributed by atoms with Crippen LogP contribution in [0.2, 0.25) is 5.04 Å². The van der Waals surface area contributed by atoms with Gasteiger partial charge in [0.2, 0.25) is 0 Å². The molecule has 0 spiro atoms. The quantitative estimate of drug-likeness (QED) is 0.322. The van der Waals surface area contributed by atoms with Crippen molar-refractivity contribution in [3.63, 3.8) is 0 Å². The lowest BCUT2D eigenvalue weighted by molar-refractivity contribution is 0.274. The second kappa shape index (κ2) is 8.89. The zero-order valence-corrected chi connectivity index (χ0v) is 20.9. The molecule has 168 valence electrons. The van der Waals surface area contributed by atoms with Crippen molar-refractivity contribution in [1.29, 1.82) is 0 Å². The Labute approximate surface area is 198 Å². The first kappa shape index (κ1) is 22.1. The van der Waals surface area contributed by atoms with Crippen LogP contribution < -0.4 is 10.4 Å². The Hall–Kier alpha value is -2.75. The Morgan fingerprint density at radius 3 is 2.12 bits per heavy atom. The molecule has 0 aliphatic heterocycles. The van der Waals surface area contributed by atoms with Gasteiger partial charge in [-0.3, -0.25) is 4.98 Å². The van der Waals surface area contributed by atoms with Crippen molar-refractivity contribution in [2.24, 2.45) is 11.8 Å². The second-order valence-corrected chi connectivity index (χ2v) is 14.8. The topological polar surface area (TPSA) is 22.1 Å². The number of rotatable bonds is 7. The third kappa shape index (κ3) is 4.40. The zero-order chi connectivity index (χ0) is 22.9. The van der Waals surface area contributed by atoms with E-state index in [1.165, 1.54) is 27.7 Å². The van der Waals surface area contributed by atoms with Crippen LogP contribution in [0.1, 0.15) is 32.8 Å². The summed E-state index contributed by atoms with van der Waals surface area (Å²) in [5, 5.41) is 3.99. The maximum atomic E-state index is 7.16. The normalized spacial score (nSPS) is 18.4. The first-order valence-corrected chi connectivity index (χ1v) is 14.0. The molecule has 0 radical (unpaired) electrons. The molecule has 3 heteroatoms. The second-order valence-electron chi connectivity index (χ2n) is 10.5. The van der Waals surface area contributed by atoms with E-state index in [0.717, 1.165) is 18.5 Å². The van der Waals surface area contributed by atoms with Crippen LogP contribution in [0.25, 0.3) is 10.9 Å². The summed E-state index contributed by atoms with van der Waals surface area (Å²) in [4.78, 5) is 4.45. The molecule has 1 fully saturated rings. The largest absolute Gasteiger partial charge is 0.407 e. The van der Waals surface area contributed by atoms with Crippen molar-refractivity contribution in [2.45, 2.75) is 38.7 Å². The van der Waals surface area contributed by atoms with Crippen LogP contribution in [0, 0.1) is 11.8 Å². The molecule has 0 saturated heterocycles. The van der Waals surface area contributed by atoms with Gasteiger partial charge < -0.3 is 4.43 Å². The molecular formula is C30H33NOSi. The highest BCUT2D eigenvalue weighted by Crippen LogP contribution is 2.44. The van der Waals surface area contributed by atoms with Crippen molar-refractivity contribution < 1.29 is 4.43 Å². The fraction of sp³-hybridized carbons (Fsp3) is 0.300. The smallest absolute Gasteiger partial charge is 0.261 e. The minimum atomic E-state index is -2.44. The van der Waals surface area contributed by atoms with Gasteiger partial charge in [0.25, 0.3) is 8.32 Å². The summed E-state index contributed by atoms with van der Waals surface area (Å²) >= 11 is 0. The predicted molar refractivity (Wildman–Crippen MR) is 141 cm³/mol. The molecule has 5 rings (SSSR count). The van der Waals surface area contributed by atoms with Crippen LogP contribution >= 0.6 is 0 Å². The molecule has 3 aromatic carbocycles. The van der Waals surface area contributed by atoms with Crippen LogP contribution in [0.4, 0.5) is 0 Å². The molecule has 1 aliphatic rings. The van der Waals surface area contributed by atoms with Crippen molar-refractivity contribution in [3.05, 3.63) is 103 Å². The molecule has 0 amide bonds. The lowest BCUT2D eigenvalue weighted by atomic mass is 10.1. The summed E-state index contributed by atoms with van der Waals surface area (Å²) in [7, 11) is -2.44. The third-order valence-corrected chi connectivity index (χ3v) is 12.2. The Balaban J connectivity index is 1.36. The van der Waals surface area contributed by atoms with E-state index in [-0.39, 0.29) is 5.04 Å². The molecule has 2 nitrogen and oxygen atoms in total. The highest BCUT2D eigenvalue weighted by molar-refractivity contribution is 6.99. The first-order valence-electron chi connectivity index (χ1n) is 12.1. The Bertz CT molecular complexity index is 1180. The molecule has 33 heavy (non-hydrogen) atoms. The number of aromatic nitrogens is 1. The molecule has 2 atom stereocenters. The molecule has 1 saturated carbocycles. The molecule has 0 bridgehead atoms. The summed E-state index contributed by atoms with van der Waals surface area (Å²) in [6.45, 7) is 7.90. The van der Waals surface area contributed by atoms with Gasteiger partial charge >= 0.3 is 0 Å². The van der Waals surface area contributed by atoms with E-state index in [0.29, 0.717) is 11.8 Å². The van der Waals surface area contributed by atoms with Gasteiger partial charge in [0, 0.05) is 18.2 Å². The van der Waals surface area contributed by atoms with Crippen molar-refractivity contribution in [1.82, 2.24) is 4.98 Å². The van der Waals surface area contributed by atoms with Gasteiger partial charge in [-0.1, -0.05) is 93.6 Å². The van der Waals surface area contributed by atoms with Crippen LogP contribution in [-0.4, -0.2) is 19.9 Å². The summed E-state index contributed by atoms with van der Waals surface area (Å²) < 4.78 is 7.16. The maximum Gasteiger partial charge on any atom is 0.261 e. The summed E-state index contributed by atoms with van der Waals surface area (Å²) in [5.74, 6) is 1.34. The highest BCUT2D eigenvalue weighted by Gasteiger charge is 2.51. The fourth-order valence-electron chi connectivity index (χ4n) is 5.31. The number of hydrogen-bond donors (Lipinski definition) is 0. The van der Waals surface area contributed by atoms with E-state index < -0.39 is 8.32 Å². The van der Waals surface area contributed by atoms with Crippen molar-refractivity contribution in [2.75, 3.05) is 6.61 Å². The number of nitrogens with zero attached hydrogens (tertiary/aromatic N) is 1. The summed E-state index contributed by atoms with van der Waals surface area (Å²) in [5.41, 5.74) is 2.48. The molecule has 0 N–H and O–H groups in total. The molecule has 1 aromatic heterocycles. The monoisotopic (exact) mass is 451 g/mol. The number of fused-ring (bicyclic) bond motifs is 1. The lowest BCUT2D eigenvalue weighted by Gasteiger charge is -2.43. The fourth-order valence-corrected chi connectivity index (χ4v) is 9.93. The highest BCUT2D eigenvalue weighted by atomic mass is 28.4. The minimum absolute atomic E-state index is 0.0332. The molecule has 4 aromatic rings. The third-order valence-electron chi connectivity index (χ3n) is 7.17. The number of benzene rings is 3. The SMILES string of the molecule is CC(C)(C)[Si](OCC1CC1Cc1ccc2ncccc2c1)(c1ccccc1)c1ccccc1. The summed E-state index contributed by atoms with van der Waals surface area (Å²) in [6.07, 6.45) is 4.24. The van der Waals surface area contributed by atoms with Gasteiger partial charge in [-0.25, -0.2) is 0 Å². The van der Waals surface area contributed by atoms with Gasteiger partial charge in [0.15, 0.2) is 0 Å². The lowest BCUT2D eigenvalue weighted by Crippen LogP contribution is -2.66. The van der Waals surface area contributed by atoms with E-state index in [4.69, 9.17) is 4.43 Å². The average Bonchev–Trinajstić information content (AvgIpc) is 3.57. The first-order chi connectivity index (χ1) is 16.0. The van der Waals surface area contributed by atoms with E-state index in [9.17, 15) is 0 Å². The Kier molecular flexibility index (Phi) is 5.94. The van der Waals surface area contributed by atoms with E-state index in [2.05, 4.69) is 111 Å². The van der Waals surface area contributed by atoms with Gasteiger partial charge in [-0.05, 0) is 63.9 Å². The van der Waals surface area contributed by atoms with Gasteiger partial charge in [0.1, 0.15) is 0 Å². The molecule has 2 unspecified atom stereocenters. The van der Waals surface area contributed by atoms with Gasteiger partial charge in [-0.15, -0.1) is 0 Å². The van der Waals surface area contributed by atoms with Crippen molar-refractivity contribution >= 4 is 29.6 Å². The maximum absolute atomic E-state index is 7.16. The van der Waals surface area contributed by atoms with E-state index in [1.54, 1.807) is 0 Å². The molecular weight excluding hydrogens is 418 g/mol. The van der Waals surface area contributed by atoms with E-state index >= 15 is 0 Å². The number of hydrogen-bond acceptors (Lipinski definition) is 2.